The first-order valence-electron chi connectivity index (χ1n) is 7.13. The average molecular weight is 347 g/mol. The van der Waals surface area contributed by atoms with Gasteiger partial charge in [-0.2, -0.15) is 0 Å². The highest BCUT2D eigenvalue weighted by atomic mass is 79.9. The van der Waals surface area contributed by atoms with Gasteiger partial charge in [-0.05, 0) is 23.3 Å². The molecule has 0 fully saturated rings. The van der Waals surface area contributed by atoms with Crippen LogP contribution in [0, 0.1) is 0 Å². The molecule has 0 radical (unpaired) electrons. The first-order chi connectivity index (χ1) is 9.69. The monoisotopic (exact) mass is 346 g/mol. The number of pyridine rings is 1. The SMILES string of the molecule is CCC[n+]1ccc(/C=C/c2ccc(N(C)C)cc2)cc1.[Br-]. The van der Waals surface area contributed by atoms with Crippen LogP contribution in [0.3, 0.4) is 0 Å². The minimum Gasteiger partial charge on any atom is -1.00 e. The number of hydrogen-bond donors (Lipinski definition) is 0. The molecule has 0 bridgehead atoms. The first kappa shape index (κ1) is 17.4. The van der Waals surface area contributed by atoms with E-state index >= 15 is 0 Å². The molecule has 3 heteroatoms. The van der Waals surface area contributed by atoms with E-state index in [1.807, 2.05) is 0 Å². The summed E-state index contributed by atoms with van der Waals surface area (Å²) < 4.78 is 2.21. The quantitative estimate of drug-likeness (QED) is 0.720. The van der Waals surface area contributed by atoms with Gasteiger partial charge >= 0.3 is 0 Å². The Hall–Kier alpha value is -1.61. The summed E-state index contributed by atoms with van der Waals surface area (Å²) in [6.07, 6.45) is 9.74. The van der Waals surface area contributed by atoms with Crippen LogP contribution >= 0.6 is 0 Å². The van der Waals surface area contributed by atoms with Crippen molar-refractivity contribution in [1.29, 1.82) is 0 Å². The van der Waals surface area contributed by atoms with Gasteiger partial charge in [0.2, 0.25) is 0 Å². The third kappa shape index (κ3) is 5.35. The van der Waals surface area contributed by atoms with Gasteiger partial charge in [0.05, 0.1) is 0 Å². The molecule has 0 aliphatic heterocycles. The summed E-state index contributed by atoms with van der Waals surface area (Å²) in [5, 5.41) is 0. The average Bonchev–Trinajstić information content (AvgIpc) is 2.47. The predicted molar refractivity (Wildman–Crippen MR) is 86.6 cm³/mol. The van der Waals surface area contributed by atoms with Gasteiger partial charge in [0.25, 0.3) is 0 Å². The van der Waals surface area contributed by atoms with Crippen LogP contribution in [0.15, 0.2) is 48.8 Å². The molecule has 2 rings (SSSR count). The summed E-state index contributed by atoms with van der Waals surface area (Å²) in [4.78, 5) is 2.11. The molecule has 0 aliphatic carbocycles. The Morgan fingerprint density at radius 1 is 0.905 bits per heavy atom. The minimum absolute atomic E-state index is 0. The number of halogens is 1. The number of benzene rings is 1. The fourth-order valence-electron chi connectivity index (χ4n) is 2.06. The predicted octanol–water partition coefficient (Wildman–Crippen LogP) is 0.625. The summed E-state index contributed by atoms with van der Waals surface area (Å²) >= 11 is 0. The van der Waals surface area contributed by atoms with E-state index in [2.05, 4.69) is 91.4 Å². The molecule has 1 aromatic carbocycles. The second kappa shape index (κ2) is 8.63. The highest BCUT2D eigenvalue weighted by Gasteiger charge is 1.97. The maximum atomic E-state index is 2.21. The lowest BCUT2D eigenvalue weighted by Crippen LogP contribution is -3.00. The second-order valence-corrected chi connectivity index (χ2v) is 5.19. The number of nitrogens with zero attached hydrogens (tertiary/aromatic N) is 2. The zero-order valence-corrected chi connectivity index (χ0v) is 14.5. The van der Waals surface area contributed by atoms with E-state index in [0.29, 0.717) is 0 Å². The zero-order chi connectivity index (χ0) is 14.4. The van der Waals surface area contributed by atoms with Crippen LogP contribution in [0.4, 0.5) is 5.69 Å². The van der Waals surface area contributed by atoms with Crippen molar-refractivity contribution < 1.29 is 21.5 Å². The van der Waals surface area contributed by atoms with Gasteiger partial charge < -0.3 is 21.9 Å². The van der Waals surface area contributed by atoms with Crippen LogP contribution in [0.1, 0.15) is 24.5 Å². The maximum Gasteiger partial charge on any atom is 0.169 e. The molecule has 2 aromatic rings. The smallest absolute Gasteiger partial charge is 0.169 e. The van der Waals surface area contributed by atoms with Crippen LogP contribution in [0.25, 0.3) is 12.2 Å². The molecule has 0 unspecified atom stereocenters. The van der Waals surface area contributed by atoms with Gasteiger partial charge in [-0.1, -0.05) is 31.2 Å². The molecular formula is C18H23BrN2. The Morgan fingerprint density at radius 3 is 1.90 bits per heavy atom. The van der Waals surface area contributed by atoms with E-state index in [0.717, 1.165) is 13.0 Å². The zero-order valence-electron chi connectivity index (χ0n) is 13.0. The van der Waals surface area contributed by atoms with Gasteiger partial charge in [-0.15, -0.1) is 0 Å². The highest BCUT2D eigenvalue weighted by Crippen LogP contribution is 2.14. The van der Waals surface area contributed by atoms with Crippen molar-refractivity contribution in [1.82, 2.24) is 0 Å². The Kier molecular flexibility index (Phi) is 7.17. The van der Waals surface area contributed by atoms with Crippen LogP contribution in [0.5, 0.6) is 0 Å². The van der Waals surface area contributed by atoms with Crippen LogP contribution in [-0.4, -0.2) is 14.1 Å². The van der Waals surface area contributed by atoms with Gasteiger partial charge in [-0.25, -0.2) is 4.57 Å². The molecular weight excluding hydrogens is 324 g/mol. The van der Waals surface area contributed by atoms with E-state index in [-0.39, 0.29) is 17.0 Å². The van der Waals surface area contributed by atoms with Gasteiger partial charge in [0.15, 0.2) is 12.4 Å². The summed E-state index contributed by atoms with van der Waals surface area (Å²) in [5.41, 5.74) is 3.68. The van der Waals surface area contributed by atoms with Crippen LogP contribution in [-0.2, 0) is 6.54 Å². The summed E-state index contributed by atoms with van der Waals surface area (Å²) in [7, 11) is 4.11. The van der Waals surface area contributed by atoms with Crippen molar-refractivity contribution in [3.63, 3.8) is 0 Å². The van der Waals surface area contributed by atoms with Crippen molar-refractivity contribution >= 4 is 17.8 Å². The van der Waals surface area contributed by atoms with Gasteiger partial charge in [0.1, 0.15) is 6.54 Å². The Morgan fingerprint density at radius 2 is 1.43 bits per heavy atom. The molecule has 0 N–H and O–H groups in total. The Bertz CT molecular complexity index is 557. The highest BCUT2D eigenvalue weighted by molar-refractivity contribution is 5.70. The topological polar surface area (TPSA) is 7.12 Å². The largest absolute Gasteiger partial charge is 1.00 e. The third-order valence-corrected chi connectivity index (χ3v) is 3.28. The standard InChI is InChI=1S/C18H23N2.BrH/c1-4-13-20-14-11-17(12-15-20)6-5-16-7-9-18(10-8-16)19(2)3;/h5-12,14-15H,4,13H2,1-3H3;1H/q+1;/p-1. The first-order valence-corrected chi connectivity index (χ1v) is 7.13. The van der Waals surface area contributed by atoms with Crippen molar-refractivity contribution in [3.8, 4) is 0 Å². The maximum absolute atomic E-state index is 2.21. The number of hydrogen-bond acceptors (Lipinski definition) is 1. The van der Waals surface area contributed by atoms with Crippen LogP contribution < -0.4 is 26.4 Å². The Balaban J connectivity index is 0.00000220. The fraction of sp³-hybridized carbons (Fsp3) is 0.278. The molecule has 2 nitrogen and oxygen atoms in total. The lowest BCUT2D eigenvalue weighted by atomic mass is 10.1. The molecule has 0 aliphatic rings. The number of anilines is 1. The van der Waals surface area contributed by atoms with E-state index in [9.17, 15) is 0 Å². The molecule has 0 saturated heterocycles. The van der Waals surface area contributed by atoms with E-state index in [1.54, 1.807) is 0 Å². The molecule has 1 aromatic heterocycles. The van der Waals surface area contributed by atoms with Crippen molar-refractivity contribution in [3.05, 3.63) is 59.9 Å². The minimum atomic E-state index is 0. The molecule has 21 heavy (non-hydrogen) atoms. The Labute approximate surface area is 138 Å². The molecule has 0 spiro atoms. The normalized spacial score (nSPS) is 10.4. The van der Waals surface area contributed by atoms with E-state index < -0.39 is 0 Å². The fourth-order valence-corrected chi connectivity index (χ4v) is 2.06. The number of aryl methyl sites for hydroxylation is 1. The van der Waals surface area contributed by atoms with Gasteiger partial charge in [-0.3, -0.25) is 0 Å². The lowest BCUT2D eigenvalue weighted by Gasteiger charge is -2.11. The summed E-state index contributed by atoms with van der Waals surface area (Å²) in [5.74, 6) is 0. The molecule has 0 atom stereocenters. The van der Waals surface area contributed by atoms with Gasteiger partial charge in [0, 0.05) is 38.3 Å². The summed E-state index contributed by atoms with van der Waals surface area (Å²) in [6, 6.07) is 12.9. The molecule has 0 amide bonds. The third-order valence-electron chi connectivity index (χ3n) is 3.28. The molecule has 112 valence electrons. The summed E-state index contributed by atoms with van der Waals surface area (Å²) in [6.45, 7) is 3.27. The number of rotatable bonds is 5. The second-order valence-electron chi connectivity index (χ2n) is 5.19. The van der Waals surface area contributed by atoms with Crippen LogP contribution in [0.2, 0.25) is 0 Å². The van der Waals surface area contributed by atoms with Crippen molar-refractivity contribution in [2.24, 2.45) is 0 Å². The molecule has 1 heterocycles. The van der Waals surface area contributed by atoms with E-state index in [1.165, 1.54) is 16.8 Å². The van der Waals surface area contributed by atoms with Crippen molar-refractivity contribution in [2.45, 2.75) is 19.9 Å². The lowest BCUT2D eigenvalue weighted by molar-refractivity contribution is -0.697. The number of aromatic nitrogens is 1. The molecule has 0 saturated carbocycles. The van der Waals surface area contributed by atoms with Crippen molar-refractivity contribution in [2.75, 3.05) is 19.0 Å². The van der Waals surface area contributed by atoms with E-state index in [4.69, 9.17) is 0 Å².